The number of ketones is 2. The molecule has 0 fully saturated rings. The Morgan fingerprint density at radius 3 is 1.49 bits per heavy atom. The Kier molecular flexibility index (Phi) is 76.0. The molecule has 16 aromatic rings. The average molecular weight is 1920 g/mol. The molecule has 20 rings (SSSR count). The fourth-order valence-electron chi connectivity index (χ4n) is 12.1. The summed E-state index contributed by atoms with van der Waals surface area (Å²) in [6.45, 7) is 63.6. The lowest BCUT2D eigenvalue weighted by atomic mass is 9.98. The van der Waals surface area contributed by atoms with E-state index >= 15 is 0 Å². The Morgan fingerprint density at radius 2 is 0.928 bits per heavy atom. The molecular weight excluding hydrogens is 1750 g/mol. The topological polar surface area (TPSA) is 330 Å². The zero-order chi connectivity index (χ0) is 107. The first kappa shape index (κ1) is 133. The predicted octanol–water partition coefficient (Wildman–Crippen LogP) is 24.9. The monoisotopic (exact) mass is 1920 g/mol. The minimum absolute atomic E-state index is 0.112. The molecule has 138 heavy (non-hydrogen) atoms. The second-order valence-corrected chi connectivity index (χ2v) is 26.3. The van der Waals surface area contributed by atoms with Gasteiger partial charge in [-0.3, -0.25) is 71.1 Å². The summed E-state index contributed by atoms with van der Waals surface area (Å²) in [5.74, 6) is 3.02. The average Bonchev–Trinajstić information content (AvgIpc) is 1.63. The highest BCUT2D eigenvalue weighted by molar-refractivity contribution is 7.10. The number of rotatable bonds is 0. The fraction of sp³-hybridized carbons (Fsp3) is 0.444. The summed E-state index contributed by atoms with van der Waals surface area (Å²) in [6, 6.07) is 33.0. The first-order valence-corrected chi connectivity index (χ1v) is 50.2. The van der Waals surface area contributed by atoms with E-state index in [0.29, 0.717) is 59.0 Å². The van der Waals surface area contributed by atoms with Crippen molar-refractivity contribution >= 4 is 107 Å². The third-order valence-electron chi connectivity index (χ3n) is 18.3. The molecule has 2 aromatic carbocycles. The van der Waals surface area contributed by atoms with Crippen LogP contribution in [-0.4, -0.2) is 124 Å². The number of pyridine rings is 3. The summed E-state index contributed by atoms with van der Waals surface area (Å²) in [5.41, 5.74) is 12.5. The maximum atomic E-state index is 11.8. The maximum absolute atomic E-state index is 11.8. The van der Waals surface area contributed by atoms with Crippen molar-refractivity contribution in [2.75, 3.05) is 23.9 Å². The predicted molar refractivity (Wildman–Crippen MR) is 586 cm³/mol. The number of amides is 2. The van der Waals surface area contributed by atoms with E-state index < -0.39 is 0 Å². The molecule has 14 aromatic heterocycles. The number of aromatic amines is 2. The number of hydrogen-bond donors (Lipinski definition) is 2. The minimum atomic E-state index is -0.356. The highest BCUT2D eigenvalue weighted by Crippen LogP contribution is 2.35. The van der Waals surface area contributed by atoms with Gasteiger partial charge >= 0.3 is 11.4 Å². The number of Topliss-reactive ketones (excluding diaryl/α,β-unsaturated/α-hetero) is 2. The van der Waals surface area contributed by atoms with Crippen LogP contribution in [0.25, 0.3) is 61.1 Å². The number of carbonyl (C=O) groups excluding carboxylic acids is 4. The van der Waals surface area contributed by atoms with Crippen LogP contribution < -0.4 is 32.3 Å². The number of likely N-dealkylation sites (N-methyl/N-ethyl adjacent to an activating group) is 2. The van der Waals surface area contributed by atoms with Crippen molar-refractivity contribution in [3.63, 3.8) is 0 Å². The zero-order valence-corrected chi connectivity index (χ0v) is 92.3. The summed E-state index contributed by atoms with van der Waals surface area (Å²) < 4.78 is 17.0. The molecule has 2 aliphatic heterocycles. The van der Waals surface area contributed by atoms with Crippen LogP contribution >= 0.6 is 11.3 Å². The van der Waals surface area contributed by atoms with Gasteiger partial charge in [0.2, 0.25) is 17.6 Å². The summed E-state index contributed by atoms with van der Waals surface area (Å²) in [7, 11) is 15.2. The molecular formula is C108H170N20O9S. The molecule has 762 valence electrons. The molecule has 4 aliphatic rings. The minimum Gasteiger partial charge on any atom is -0.463 e. The molecule has 0 bridgehead atoms. The second kappa shape index (κ2) is 78.8. The molecule has 0 radical (unpaired) electrons. The zero-order valence-electron chi connectivity index (χ0n) is 91.5. The van der Waals surface area contributed by atoms with E-state index in [-0.39, 0.29) is 40.1 Å². The number of aromatic nitrogens is 18. The number of H-pyrrole nitrogens is 2. The molecule has 0 spiro atoms. The van der Waals surface area contributed by atoms with Crippen molar-refractivity contribution in [2.45, 2.75) is 267 Å². The third kappa shape index (κ3) is 39.7. The van der Waals surface area contributed by atoms with Gasteiger partial charge in [-0.1, -0.05) is 226 Å². The lowest BCUT2D eigenvalue weighted by Gasteiger charge is -2.11. The molecule has 29 nitrogen and oxygen atoms in total. The second-order valence-electron chi connectivity index (χ2n) is 25.3. The molecule has 2 amide bonds. The van der Waals surface area contributed by atoms with Crippen LogP contribution in [0, 0.1) is 13.8 Å². The first-order valence-electron chi connectivity index (χ1n) is 49.3. The Balaban J connectivity index is -0.000000463. The Morgan fingerprint density at radius 1 is 0.399 bits per heavy atom. The summed E-state index contributed by atoms with van der Waals surface area (Å²) >= 11 is 1.71. The van der Waals surface area contributed by atoms with E-state index in [9.17, 15) is 38.4 Å². The largest absolute Gasteiger partial charge is 0.463 e. The molecule has 30 heteroatoms. The van der Waals surface area contributed by atoms with E-state index in [1.165, 1.54) is 33.5 Å². The number of nitrogens with one attached hydrogen (secondary N) is 2. The highest BCUT2D eigenvalue weighted by Gasteiger charge is 2.29. The number of nitrogens with zero attached hydrogens (tertiary/aromatic N) is 18. The number of furan rings is 1. The lowest BCUT2D eigenvalue weighted by molar-refractivity contribution is -0.117. The summed E-state index contributed by atoms with van der Waals surface area (Å²) in [5, 5.41) is 7.05. The number of fused-ring (bicyclic) bond motifs is 10. The quantitative estimate of drug-likeness (QED) is 0.142. The van der Waals surface area contributed by atoms with Gasteiger partial charge in [0.1, 0.15) is 22.8 Å². The van der Waals surface area contributed by atoms with Crippen molar-refractivity contribution in [1.29, 1.82) is 0 Å². The normalized spacial score (nSPS) is 10.6. The van der Waals surface area contributed by atoms with Gasteiger partial charge in [0.25, 0.3) is 11.1 Å². The molecule has 2 N–H and O–H groups in total. The fourth-order valence-corrected chi connectivity index (χ4v) is 13.1. The number of imidazole rings is 3. The molecule has 0 atom stereocenters. The number of anilines is 2. The van der Waals surface area contributed by atoms with Crippen LogP contribution in [0.4, 0.5) is 11.4 Å². The SMILES string of the molecule is CC.CC.CC.CC.CC.CC.CC.CC.CC.CC.CC.CC.CC.CC.CC.CN1C(=O)Cc2cc3c(cc21)CCC3=O.CN1C(=O)Cc2ccccc21.Cc1nc2c(=O)n(C)c(=O)n(C)c2n1C.Cc1nc2c(c(=O)n(C)c(=O)n2C)n1C.Cn1cccn1.O=C1CCCc2sccc21.c1cc2cc[nH]c2cn1.c1cnc2cc[nH]c2c1.c1cnc2ccoc2c1.c1cnc2nccn2c1. The van der Waals surface area contributed by atoms with Gasteiger partial charge in [-0.25, -0.2) is 29.5 Å². The molecule has 2 aliphatic carbocycles. The van der Waals surface area contributed by atoms with Crippen LogP contribution in [0.15, 0.2) is 213 Å². The number of carbonyl (C=O) groups is 4. The van der Waals surface area contributed by atoms with Crippen molar-refractivity contribution < 1.29 is 23.6 Å². The Bertz CT molecular complexity index is 5780. The van der Waals surface area contributed by atoms with Crippen LogP contribution in [-0.2, 0) is 84.6 Å². The molecule has 0 saturated heterocycles. The van der Waals surface area contributed by atoms with Gasteiger partial charge in [0, 0.05) is 183 Å². The van der Waals surface area contributed by atoms with E-state index in [1.54, 1.807) is 127 Å². The number of thiophene rings is 1. The van der Waals surface area contributed by atoms with Gasteiger partial charge in [-0.2, -0.15) is 5.10 Å². The highest BCUT2D eigenvalue weighted by atomic mass is 32.1. The maximum Gasteiger partial charge on any atom is 0.332 e. The van der Waals surface area contributed by atoms with E-state index in [0.717, 1.165) is 107 Å². The number of benzene rings is 2. The molecule has 16 heterocycles. The summed E-state index contributed by atoms with van der Waals surface area (Å²) in [4.78, 5) is 131. The third-order valence-corrected chi connectivity index (χ3v) is 19.3. The summed E-state index contributed by atoms with van der Waals surface area (Å²) in [6.07, 6.45) is 28.8. The van der Waals surface area contributed by atoms with E-state index in [2.05, 4.69) is 50.0 Å². The van der Waals surface area contributed by atoms with Crippen LogP contribution in [0.3, 0.4) is 0 Å². The van der Waals surface area contributed by atoms with Crippen molar-refractivity contribution in [1.82, 2.24) is 86.4 Å². The standard InChI is InChI=1S/C12H11NO2.2C9H12N4O2.C9H9NO.C8H8OS.2C7H6N2.C7H5NO.C6H5N3.C4H6N2.15C2H6/c1-13-10-5-7-2-3-11(14)9(7)4-8(10)6-12(13)15;1-5-10-7-6(11(5)2)8(14)13(4)9(15)12(7)3;1-5-10-6-7(11(5)2)12(3)9(15)13(4)8(6)14;1-10-8-5-3-2-4-7(8)6-9(10)11;9-7-2-1-3-8-6(7)4-5-10-8;1-3-8-5-7-6(1)2-4-9-7;1-2-6-7(8-4-1)3-5-9-6;1-2-7-6(8-4-1)3-5-9-7;1-2-7-6-8-3-5-9(6)4-1;1-6-4-2-3-5-6;15*1-2/h4-5H,2-3,6H2,1H3;2*1-4H3;2-5H,6H2,1H3;4-5H,1-3H2;2*1-5,9H;2*1-5H;2-4H,1H3;15*1-2H3. The lowest BCUT2D eigenvalue weighted by Crippen LogP contribution is -2.37. The van der Waals surface area contributed by atoms with E-state index in [4.69, 9.17) is 4.42 Å². The number of para-hydroxylation sites is 1. The molecule has 0 unspecified atom stereocenters. The van der Waals surface area contributed by atoms with Gasteiger partial charge in [0.05, 0.1) is 41.9 Å². The van der Waals surface area contributed by atoms with Crippen LogP contribution in [0.5, 0.6) is 0 Å². The smallest absolute Gasteiger partial charge is 0.332 e. The van der Waals surface area contributed by atoms with Crippen molar-refractivity contribution in [3.8, 4) is 0 Å². The van der Waals surface area contributed by atoms with Gasteiger partial charge in [-0.05, 0) is 134 Å². The van der Waals surface area contributed by atoms with Gasteiger partial charge in [-0.15, -0.1) is 11.3 Å². The van der Waals surface area contributed by atoms with Crippen molar-refractivity contribution in [3.05, 3.63) is 275 Å². The van der Waals surface area contributed by atoms with Gasteiger partial charge in [0.15, 0.2) is 33.8 Å². The van der Waals surface area contributed by atoms with Crippen LogP contribution in [0.1, 0.15) is 281 Å². The first-order chi connectivity index (χ1) is 67.0. The Labute approximate surface area is 827 Å². The van der Waals surface area contributed by atoms with Crippen molar-refractivity contribution in [2.24, 2.45) is 49.3 Å². The number of aryl methyl sites for hydroxylation is 9. The van der Waals surface area contributed by atoms with Crippen LogP contribution in [0.2, 0.25) is 0 Å². The molecule has 0 saturated carbocycles. The van der Waals surface area contributed by atoms with Gasteiger partial charge < -0.3 is 33.3 Å². The van der Waals surface area contributed by atoms with E-state index in [1.807, 2.05) is 372 Å². The Hall–Kier alpha value is -13.4. The number of hydrogen-bond acceptors (Lipinski definition) is 18.